The average Bonchev–Trinajstić information content (AvgIpc) is 2.61. The monoisotopic (exact) mass is 388 g/mol. The quantitative estimate of drug-likeness (QED) is 0.742. The molecule has 0 aliphatic rings. The minimum atomic E-state index is -3.40. The summed E-state index contributed by atoms with van der Waals surface area (Å²) in [5.74, 6) is -0.118. The molecule has 2 rings (SSSR count). The second-order valence-electron chi connectivity index (χ2n) is 6.81. The van der Waals surface area contributed by atoms with Crippen molar-refractivity contribution in [1.82, 2.24) is 0 Å². The zero-order chi connectivity index (χ0) is 20.0. The molecule has 1 amide bonds. The number of amides is 1. The summed E-state index contributed by atoms with van der Waals surface area (Å²) in [6, 6.07) is 13.3. The second kappa shape index (κ2) is 9.04. The Bertz CT molecular complexity index is 890. The van der Waals surface area contributed by atoms with E-state index in [2.05, 4.69) is 12.2 Å². The summed E-state index contributed by atoms with van der Waals surface area (Å²) in [4.78, 5) is 12.2. The molecule has 0 heterocycles. The van der Waals surface area contributed by atoms with Crippen LogP contribution in [0, 0.1) is 13.8 Å². The second-order valence-corrected chi connectivity index (χ2v) is 8.71. The van der Waals surface area contributed by atoms with E-state index in [9.17, 15) is 13.2 Å². The zero-order valence-electron chi connectivity index (χ0n) is 16.5. The van der Waals surface area contributed by atoms with Crippen molar-refractivity contribution in [2.75, 3.05) is 22.4 Å². The number of nitrogens with zero attached hydrogens (tertiary/aromatic N) is 1. The Morgan fingerprint density at radius 2 is 1.70 bits per heavy atom. The van der Waals surface area contributed by atoms with E-state index >= 15 is 0 Å². The highest BCUT2D eigenvalue weighted by Crippen LogP contribution is 2.20. The molecule has 1 N–H and O–H groups in total. The lowest BCUT2D eigenvalue weighted by atomic mass is 10.1. The van der Waals surface area contributed by atoms with Crippen LogP contribution in [-0.2, 0) is 21.2 Å². The van der Waals surface area contributed by atoms with E-state index in [-0.39, 0.29) is 18.9 Å². The molecule has 0 fully saturated rings. The molecular formula is C21H28N2O3S. The smallest absolute Gasteiger partial charge is 0.232 e. The number of carbonyl (C=O) groups is 1. The van der Waals surface area contributed by atoms with Gasteiger partial charge in [-0.3, -0.25) is 9.10 Å². The van der Waals surface area contributed by atoms with Crippen molar-refractivity contribution in [3.05, 3.63) is 59.2 Å². The first kappa shape index (κ1) is 21.0. The van der Waals surface area contributed by atoms with Crippen LogP contribution in [0.1, 0.15) is 36.5 Å². The Balaban J connectivity index is 1.96. The molecule has 6 heteroatoms. The maximum absolute atomic E-state index is 12.2. The summed E-state index contributed by atoms with van der Waals surface area (Å²) < 4.78 is 25.7. The van der Waals surface area contributed by atoms with Gasteiger partial charge in [-0.15, -0.1) is 0 Å². The third-order valence-electron chi connectivity index (χ3n) is 4.59. The number of carbonyl (C=O) groups excluding carboxylic acids is 1. The predicted molar refractivity (Wildman–Crippen MR) is 112 cm³/mol. The number of aryl methyl sites for hydroxylation is 3. The lowest BCUT2D eigenvalue weighted by Gasteiger charge is -2.22. The molecule has 0 saturated carbocycles. The fraction of sp³-hybridized carbons (Fsp3) is 0.381. The summed E-state index contributed by atoms with van der Waals surface area (Å²) in [6.07, 6.45) is 2.79. The molecule has 146 valence electrons. The van der Waals surface area contributed by atoms with Gasteiger partial charge in [0.2, 0.25) is 15.9 Å². The average molecular weight is 389 g/mol. The molecule has 0 bridgehead atoms. The maximum atomic E-state index is 12.2. The summed E-state index contributed by atoms with van der Waals surface area (Å²) in [5.41, 5.74) is 4.83. The van der Waals surface area contributed by atoms with Gasteiger partial charge in [0.15, 0.2) is 0 Å². The number of rotatable bonds is 8. The molecule has 5 nitrogen and oxygen atoms in total. The Morgan fingerprint density at radius 3 is 2.26 bits per heavy atom. The number of hydrogen-bond acceptors (Lipinski definition) is 3. The van der Waals surface area contributed by atoms with Gasteiger partial charge in [0, 0.05) is 18.7 Å². The number of benzene rings is 2. The molecule has 27 heavy (non-hydrogen) atoms. The molecule has 0 radical (unpaired) electrons. The molecule has 0 aromatic heterocycles. The highest BCUT2D eigenvalue weighted by Gasteiger charge is 2.17. The minimum absolute atomic E-state index is 0.118. The first-order chi connectivity index (χ1) is 12.7. The lowest BCUT2D eigenvalue weighted by molar-refractivity contribution is -0.116. The van der Waals surface area contributed by atoms with E-state index in [1.807, 2.05) is 56.3 Å². The number of nitrogens with one attached hydrogen (secondary N) is 1. The van der Waals surface area contributed by atoms with Crippen molar-refractivity contribution in [2.45, 2.75) is 40.0 Å². The van der Waals surface area contributed by atoms with Crippen LogP contribution in [0.5, 0.6) is 0 Å². The van der Waals surface area contributed by atoms with Crippen LogP contribution in [0.4, 0.5) is 11.4 Å². The summed E-state index contributed by atoms with van der Waals surface area (Å²) in [5, 5.41) is 2.87. The van der Waals surface area contributed by atoms with Crippen molar-refractivity contribution in [1.29, 1.82) is 0 Å². The molecule has 0 saturated heterocycles. The van der Waals surface area contributed by atoms with Crippen molar-refractivity contribution in [2.24, 2.45) is 0 Å². The van der Waals surface area contributed by atoms with E-state index in [1.54, 1.807) is 0 Å². The predicted octanol–water partition coefficient (Wildman–Crippen LogP) is 4.05. The zero-order valence-corrected chi connectivity index (χ0v) is 17.3. The third-order valence-corrected chi connectivity index (χ3v) is 5.78. The topological polar surface area (TPSA) is 66.5 Å². The van der Waals surface area contributed by atoms with Crippen molar-refractivity contribution in [3.63, 3.8) is 0 Å². The SMILES string of the molecule is CCc1ccc(N(CCCC(=O)Nc2ccc(C)c(C)c2)S(C)(=O)=O)cc1. The summed E-state index contributed by atoms with van der Waals surface area (Å²) in [7, 11) is -3.40. The van der Waals surface area contributed by atoms with Gasteiger partial charge in [-0.1, -0.05) is 25.1 Å². The lowest BCUT2D eigenvalue weighted by Crippen LogP contribution is -2.31. The Hall–Kier alpha value is -2.34. The molecule has 2 aromatic carbocycles. The minimum Gasteiger partial charge on any atom is -0.326 e. The van der Waals surface area contributed by atoms with Crippen LogP contribution in [0.15, 0.2) is 42.5 Å². The van der Waals surface area contributed by atoms with Gasteiger partial charge >= 0.3 is 0 Å². The van der Waals surface area contributed by atoms with Crippen molar-refractivity contribution < 1.29 is 13.2 Å². The van der Waals surface area contributed by atoms with E-state index in [1.165, 1.54) is 16.1 Å². The molecular weight excluding hydrogens is 360 g/mol. The first-order valence-electron chi connectivity index (χ1n) is 9.14. The van der Waals surface area contributed by atoms with Gasteiger partial charge in [-0.05, 0) is 67.6 Å². The highest BCUT2D eigenvalue weighted by atomic mass is 32.2. The Labute approximate surface area is 162 Å². The fourth-order valence-electron chi connectivity index (χ4n) is 2.81. The normalized spacial score (nSPS) is 11.3. The molecule has 0 aliphatic carbocycles. The Kier molecular flexibility index (Phi) is 7.02. The van der Waals surface area contributed by atoms with Crippen LogP contribution < -0.4 is 9.62 Å². The Morgan fingerprint density at radius 1 is 1.04 bits per heavy atom. The van der Waals surface area contributed by atoms with Crippen LogP contribution in [0.25, 0.3) is 0 Å². The highest BCUT2D eigenvalue weighted by molar-refractivity contribution is 7.92. The van der Waals surface area contributed by atoms with Crippen LogP contribution in [0.3, 0.4) is 0 Å². The fourth-order valence-corrected chi connectivity index (χ4v) is 3.78. The number of hydrogen-bond donors (Lipinski definition) is 1. The molecule has 0 atom stereocenters. The van der Waals surface area contributed by atoms with E-state index in [0.29, 0.717) is 12.1 Å². The molecule has 0 aliphatic heterocycles. The largest absolute Gasteiger partial charge is 0.326 e. The van der Waals surface area contributed by atoms with E-state index in [4.69, 9.17) is 0 Å². The van der Waals surface area contributed by atoms with Gasteiger partial charge in [0.1, 0.15) is 0 Å². The van der Waals surface area contributed by atoms with Crippen LogP contribution >= 0.6 is 0 Å². The summed E-state index contributed by atoms with van der Waals surface area (Å²) >= 11 is 0. The standard InChI is InChI=1S/C21H28N2O3S/c1-5-18-9-12-20(13-10-18)23(27(4,25)26)14-6-7-21(24)22-19-11-8-16(2)17(3)15-19/h8-13,15H,5-7,14H2,1-4H3,(H,22,24). The van der Waals surface area contributed by atoms with Gasteiger partial charge in [0.05, 0.1) is 11.9 Å². The first-order valence-corrected chi connectivity index (χ1v) is 11.0. The van der Waals surface area contributed by atoms with Gasteiger partial charge in [0.25, 0.3) is 0 Å². The van der Waals surface area contributed by atoms with E-state index < -0.39 is 10.0 Å². The number of anilines is 2. The molecule has 0 spiro atoms. The van der Waals surface area contributed by atoms with Crippen LogP contribution in [0.2, 0.25) is 0 Å². The number of sulfonamides is 1. The maximum Gasteiger partial charge on any atom is 0.232 e. The van der Waals surface area contributed by atoms with Crippen LogP contribution in [-0.4, -0.2) is 27.1 Å². The van der Waals surface area contributed by atoms with Crippen molar-refractivity contribution >= 4 is 27.3 Å². The molecule has 2 aromatic rings. The van der Waals surface area contributed by atoms with Gasteiger partial charge < -0.3 is 5.32 Å². The van der Waals surface area contributed by atoms with Gasteiger partial charge in [-0.2, -0.15) is 0 Å². The molecule has 0 unspecified atom stereocenters. The van der Waals surface area contributed by atoms with Crippen molar-refractivity contribution in [3.8, 4) is 0 Å². The summed E-state index contributed by atoms with van der Waals surface area (Å²) in [6.45, 7) is 6.34. The van der Waals surface area contributed by atoms with Gasteiger partial charge in [-0.25, -0.2) is 8.42 Å². The van der Waals surface area contributed by atoms with E-state index in [0.717, 1.165) is 23.2 Å². The third kappa shape index (κ3) is 6.10.